The van der Waals surface area contributed by atoms with Crippen LogP contribution in [0, 0.1) is 0 Å². The van der Waals surface area contributed by atoms with Gasteiger partial charge in [0.15, 0.2) is 0 Å². The molecule has 0 aliphatic heterocycles. The van der Waals surface area contributed by atoms with Gasteiger partial charge in [0.05, 0.1) is 0 Å². The zero-order chi connectivity index (χ0) is 12.2. The first-order valence-electron chi connectivity index (χ1n) is 5.68. The van der Waals surface area contributed by atoms with Crippen LogP contribution in [0.4, 0.5) is 0 Å². The molecule has 0 aromatic heterocycles. The number of rotatable bonds is 7. The molecule has 0 aromatic carbocycles. The largest absolute Gasteiger partial charge is 0.397 e. The average molecular weight is 237 g/mol. The Kier molecular flexibility index (Phi) is 14.1. The topological polar surface area (TPSA) is 64.7 Å². The van der Waals surface area contributed by atoms with E-state index in [0.717, 1.165) is 32.2 Å². The molecule has 0 saturated heterocycles. The fraction of sp³-hybridized carbons (Fsp3) is 1.00. The molecule has 0 bridgehead atoms. The number of hydrogen-bond donors (Lipinski definition) is 2. The van der Waals surface area contributed by atoms with Crippen LogP contribution in [0.15, 0.2) is 0 Å². The first-order valence-corrected chi connectivity index (χ1v) is 8.21. The molecule has 0 aliphatic rings. The summed E-state index contributed by atoms with van der Waals surface area (Å²) < 4.78 is 11.3. The van der Waals surface area contributed by atoms with Gasteiger partial charge in [-0.3, -0.25) is 0 Å². The van der Waals surface area contributed by atoms with Crippen LogP contribution < -0.4 is 5.73 Å². The summed E-state index contributed by atoms with van der Waals surface area (Å²) in [5, 5.41) is 7.57. The van der Waals surface area contributed by atoms with Crippen molar-refractivity contribution in [2.24, 2.45) is 5.73 Å². The molecule has 0 atom stereocenters. The summed E-state index contributed by atoms with van der Waals surface area (Å²) in [7, 11) is -1.85. The fourth-order valence-electron chi connectivity index (χ4n) is 1.22. The van der Waals surface area contributed by atoms with E-state index < -0.39 is 8.56 Å². The maximum Gasteiger partial charge on any atom is 0.334 e. The van der Waals surface area contributed by atoms with Gasteiger partial charge in [-0.1, -0.05) is 0 Å². The Morgan fingerprint density at radius 3 is 1.80 bits per heavy atom. The van der Waals surface area contributed by atoms with Crippen LogP contribution in [0.5, 0.6) is 0 Å². The molecular formula is C10H27NO3Si. The summed E-state index contributed by atoms with van der Waals surface area (Å²) in [6, 6.07) is 1.01. The second-order valence-electron chi connectivity index (χ2n) is 3.21. The van der Waals surface area contributed by atoms with E-state index in [1.54, 1.807) is 6.92 Å². The van der Waals surface area contributed by atoms with Crippen LogP contribution in [0.2, 0.25) is 12.6 Å². The van der Waals surface area contributed by atoms with Crippen molar-refractivity contribution in [3.05, 3.63) is 0 Å². The molecule has 0 amide bonds. The fourth-order valence-corrected chi connectivity index (χ4v) is 3.66. The lowest BCUT2D eigenvalue weighted by molar-refractivity contribution is 0.188. The van der Waals surface area contributed by atoms with E-state index in [1.807, 2.05) is 13.8 Å². The molecule has 3 N–H and O–H groups in total. The monoisotopic (exact) mass is 237 g/mol. The lowest BCUT2D eigenvalue weighted by Gasteiger charge is -2.25. The maximum atomic E-state index is 7.57. The van der Waals surface area contributed by atoms with E-state index in [1.165, 1.54) is 0 Å². The molecule has 0 heterocycles. The molecule has 0 radical (unpaired) electrons. The molecule has 0 unspecified atom stereocenters. The number of hydrogen-bond acceptors (Lipinski definition) is 4. The Labute approximate surface area is 95.0 Å². The molecule has 15 heavy (non-hydrogen) atoms. The standard InChI is InChI=1S/C8H21NO2Si.C2H6O/c1-4-10-12(3,11-5-2)8-6-7-9;1-2-3/h4-9H2,1-3H3;3H,2H2,1H3. The third-order valence-corrected chi connectivity index (χ3v) is 4.79. The van der Waals surface area contributed by atoms with Crippen molar-refractivity contribution in [3.8, 4) is 0 Å². The molecule has 94 valence electrons. The minimum Gasteiger partial charge on any atom is -0.397 e. The first kappa shape index (κ1) is 17.5. The van der Waals surface area contributed by atoms with Crippen molar-refractivity contribution in [3.63, 3.8) is 0 Å². The second kappa shape index (κ2) is 12.1. The smallest absolute Gasteiger partial charge is 0.334 e. The molecule has 0 fully saturated rings. The highest BCUT2D eigenvalue weighted by Gasteiger charge is 2.29. The van der Waals surface area contributed by atoms with E-state index >= 15 is 0 Å². The van der Waals surface area contributed by atoms with Crippen molar-refractivity contribution in [1.82, 2.24) is 0 Å². The third-order valence-electron chi connectivity index (χ3n) is 1.73. The van der Waals surface area contributed by atoms with E-state index in [4.69, 9.17) is 19.7 Å². The van der Waals surface area contributed by atoms with Gasteiger partial charge in [-0.2, -0.15) is 0 Å². The van der Waals surface area contributed by atoms with E-state index in [-0.39, 0.29) is 6.61 Å². The minimum absolute atomic E-state index is 0.250. The van der Waals surface area contributed by atoms with Gasteiger partial charge in [-0.25, -0.2) is 0 Å². The van der Waals surface area contributed by atoms with Gasteiger partial charge in [0.25, 0.3) is 0 Å². The van der Waals surface area contributed by atoms with Gasteiger partial charge in [0, 0.05) is 19.8 Å². The first-order chi connectivity index (χ1) is 7.10. The maximum absolute atomic E-state index is 7.57. The lowest BCUT2D eigenvalue weighted by Crippen LogP contribution is -2.39. The van der Waals surface area contributed by atoms with Crippen molar-refractivity contribution >= 4 is 8.56 Å². The van der Waals surface area contributed by atoms with Gasteiger partial charge >= 0.3 is 8.56 Å². The van der Waals surface area contributed by atoms with Crippen molar-refractivity contribution in [2.45, 2.75) is 39.8 Å². The molecule has 4 nitrogen and oxygen atoms in total. The summed E-state index contributed by atoms with van der Waals surface area (Å²) in [6.07, 6.45) is 1.00. The Morgan fingerprint density at radius 1 is 1.13 bits per heavy atom. The summed E-state index contributed by atoms with van der Waals surface area (Å²) in [5.41, 5.74) is 5.44. The second-order valence-corrected chi connectivity index (χ2v) is 6.55. The van der Waals surface area contributed by atoms with E-state index in [9.17, 15) is 0 Å². The predicted octanol–water partition coefficient (Wildman–Crippen LogP) is 1.48. The van der Waals surface area contributed by atoms with Crippen molar-refractivity contribution in [1.29, 1.82) is 0 Å². The van der Waals surface area contributed by atoms with Crippen LogP contribution >= 0.6 is 0 Å². The molecule has 0 aliphatic carbocycles. The Bertz CT molecular complexity index is 119. The third kappa shape index (κ3) is 12.0. The normalized spacial score (nSPS) is 10.8. The van der Waals surface area contributed by atoms with Crippen LogP contribution in [0.1, 0.15) is 27.2 Å². The van der Waals surface area contributed by atoms with Crippen LogP contribution in [-0.2, 0) is 8.85 Å². The summed E-state index contributed by atoms with van der Waals surface area (Å²) in [4.78, 5) is 0. The Morgan fingerprint density at radius 2 is 1.53 bits per heavy atom. The average Bonchev–Trinajstić information content (AvgIpc) is 2.17. The summed E-state index contributed by atoms with van der Waals surface area (Å²) >= 11 is 0. The number of aliphatic hydroxyl groups is 1. The molecule has 0 rings (SSSR count). The Balaban J connectivity index is 0. The van der Waals surface area contributed by atoms with Gasteiger partial charge in [-0.15, -0.1) is 0 Å². The number of nitrogens with two attached hydrogens (primary N) is 1. The van der Waals surface area contributed by atoms with Gasteiger partial charge in [0.2, 0.25) is 0 Å². The van der Waals surface area contributed by atoms with Crippen LogP contribution in [0.25, 0.3) is 0 Å². The predicted molar refractivity (Wildman–Crippen MR) is 66.1 cm³/mol. The number of aliphatic hydroxyl groups excluding tert-OH is 1. The van der Waals surface area contributed by atoms with E-state index in [2.05, 4.69) is 6.55 Å². The SMILES string of the molecule is CCO.CCO[Si](C)(CCCN)OCC. The highest BCUT2D eigenvalue weighted by atomic mass is 28.4. The van der Waals surface area contributed by atoms with Crippen LogP contribution in [-0.4, -0.2) is 40.0 Å². The quantitative estimate of drug-likeness (QED) is 0.658. The molecule has 0 aromatic rings. The highest BCUT2D eigenvalue weighted by molar-refractivity contribution is 6.66. The van der Waals surface area contributed by atoms with Crippen LogP contribution in [0.3, 0.4) is 0 Å². The zero-order valence-electron chi connectivity index (χ0n) is 10.6. The van der Waals surface area contributed by atoms with Gasteiger partial charge < -0.3 is 19.7 Å². The van der Waals surface area contributed by atoms with Gasteiger partial charge in [0.1, 0.15) is 0 Å². The van der Waals surface area contributed by atoms with Crippen molar-refractivity contribution in [2.75, 3.05) is 26.4 Å². The lowest BCUT2D eigenvalue weighted by atomic mass is 10.5. The summed E-state index contributed by atoms with van der Waals surface area (Å²) in [5.74, 6) is 0. The molecular weight excluding hydrogens is 210 g/mol. The minimum atomic E-state index is -1.85. The van der Waals surface area contributed by atoms with Gasteiger partial charge in [-0.05, 0) is 46.3 Å². The van der Waals surface area contributed by atoms with E-state index in [0.29, 0.717) is 0 Å². The molecule has 0 spiro atoms. The summed E-state index contributed by atoms with van der Waals surface area (Å²) in [6.45, 7) is 10.3. The Hall–Kier alpha value is 0.0569. The highest BCUT2D eigenvalue weighted by Crippen LogP contribution is 2.14. The zero-order valence-corrected chi connectivity index (χ0v) is 11.6. The van der Waals surface area contributed by atoms with Crippen molar-refractivity contribution < 1.29 is 14.0 Å². The molecule has 5 heteroatoms. The molecule has 0 saturated carbocycles.